The molecule has 10 heteroatoms. The number of carbonyl (C=O) groups is 5. The number of hydrogen-bond donors (Lipinski definition) is 4. The van der Waals surface area contributed by atoms with Crippen LogP contribution in [0.5, 0.6) is 0 Å². The van der Waals surface area contributed by atoms with Crippen molar-refractivity contribution in [3.63, 3.8) is 0 Å². The monoisotopic (exact) mass is 458 g/mol. The van der Waals surface area contributed by atoms with E-state index < -0.39 is 36.3 Å². The Balaban J connectivity index is 1.31. The summed E-state index contributed by atoms with van der Waals surface area (Å²) >= 11 is 0. The molecule has 0 aliphatic carbocycles. The predicted molar refractivity (Wildman–Crippen MR) is 123 cm³/mol. The van der Waals surface area contributed by atoms with E-state index in [-0.39, 0.29) is 16.7 Å². The lowest BCUT2D eigenvalue weighted by molar-refractivity contribution is -0.116. The maximum atomic E-state index is 12.4. The zero-order valence-corrected chi connectivity index (χ0v) is 17.6. The van der Waals surface area contributed by atoms with Crippen LogP contribution in [0.2, 0.25) is 0 Å². The number of rotatable bonds is 6. The number of amides is 5. The third kappa shape index (κ3) is 4.75. The van der Waals surface area contributed by atoms with E-state index in [1.165, 1.54) is 30.3 Å². The lowest BCUT2D eigenvalue weighted by atomic mass is 10.1. The Hall–Kier alpha value is -4.99. The Morgan fingerprint density at radius 2 is 1.26 bits per heavy atom. The van der Waals surface area contributed by atoms with Gasteiger partial charge in [0.25, 0.3) is 11.8 Å². The quantitative estimate of drug-likeness (QED) is 0.417. The average molecular weight is 458 g/mol. The molecule has 0 saturated heterocycles. The summed E-state index contributed by atoms with van der Waals surface area (Å²) in [4.78, 5) is 61.2. The molecule has 10 nitrogen and oxygen atoms in total. The van der Waals surface area contributed by atoms with E-state index in [4.69, 9.17) is 5.11 Å². The van der Waals surface area contributed by atoms with Gasteiger partial charge in [-0.2, -0.15) is 0 Å². The number of hydrogen-bond acceptors (Lipinski definition) is 5. The summed E-state index contributed by atoms with van der Waals surface area (Å²) < 4.78 is 0. The SMILES string of the molecule is O=C(CN1C(=O)c2ccccc2C1=O)Nc1ccc(NC(=O)Nc2cccc(C(=O)O)c2)cc1. The number of carboxylic acid groups (broad SMARTS) is 1. The maximum Gasteiger partial charge on any atom is 0.335 e. The largest absolute Gasteiger partial charge is 0.478 e. The van der Waals surface area contributed by atoms with E-state index in [1.807, 2.05) is 0 Å². The van der Waals surface area contributed by atoms with Crippen molar-refractivity contribution in [2.75, 3.05) is 22.5 Å². The Labute approximate surface area is 193 Å². The van der Waals surface area contributed by atoms with Gasteiger partial charge in [-0.1, -0.05) is 18.2 Å². The predicted octanol–water partition coefficient (Wildman–Crippen LogP) is 3.26. The van der Waals surface area contributed by atoms with Gasteiger partial charge in [0.1, 0.15) is 6.54 Å². The highest BCUT2D eigenvalue weighted by atomic mass is 16.4. The first-order valence-electron chi connectivity index (χ1n) is 10.1. The van der Waals surface area contributed by atoms with Crippen molar-refractivity contribution in [1.29, 1.82) is 0 Å². The van der Waals surface area contributed by atoms with Crippen LogP contribution >= 0.6 is 0 Å². The summed E-state index contributed by atoms with van der Waals surface area (Å²) in [6.07, 6.45) is 0. The molecule has 5 amide bonds. The summed E-state index contributed by atoms with van der Waals surface area (Å²) in [7, 11) is 0. The van der Waals surface area contributed by atoms with E-state index >= 15 is 0 Å². The highest BCUT2D eigenvalue weighted by Gasteiger charge is 2.36. The Morgan fingerprint density at radius 1 is 0.706 bits per heavy atom. The van der Waals surface area contributed by atoms with Crippen molar-refractivity contribution in [3.8, 4) is 0 Å². The first-order chi connectivity index (χ1) is 16.3. The van der Waals surface area contributed by atoms with Crippen molar-refractivity contribution < 1.29 is 29.1 Å². The molecule has 0 saturated carbocycles. The smallest absolute Gasteiger partial charge is 0.335 e. The van der Waals surface area contributed by atoms with Gasteiger partial charge in [-0.05, 0) is 54.6 Å². The first-order valence-corrected chi connectivity index (χ1v) is 10.1. The van der Waals surface area contributed by atoms with Crippen molar-refractivity contribution in [1.82, 2.24) is 4.90 Å². The molecule has 1 aliphatic heterocycles. The van der Waals surface area contributed by atoms with E-state index in [2.05, 4.69) is 16.0 Å². The molecule has 0 spiro atoms. The van der Waals surface area contributed by atoms with Crippen LogP contribution in [0.25, 0.3) is 0 Å². The molecule has 3 aromatic rings. The molecule has 1 aliphatic rings. The third-order valence-corrected chi connectivity index (χ3v) is 4.97. The van der Waals surface area contributed by atoms with Crippen molar-refractivity contribution in [3.05, 3.63) is 89.5 Å². The second kappa shape index (κ2) is 9.25. The van der Waals surface area contributed by atoms with Gasteiger partial charge in [-0.3, -0.25) is 19.3 Å². The van der Waals surface area contributed by atoms with Gasteiger partial charge in [0.2, 0.25) is 5.91 Å². The normalized spacial score (nSPS) is 12.2. The number of anilines is 3. The van der Waals surface area contributed by atoms with E-state index in [1.54, 1.807) is 42.5 Å². The Kier molecular flexibility index (Phi) is 6.04. The number of benzene rings is 3. The number of carboxylic acids is 1. The number of nitrogens with one attached hydrogen (secondary N) is 3. The van der Waals surface area contributed by atoms with E-state index in [0.717, 1.165) is 4.90 Å². The number of carbonyl (C=O) groups excluding carboxylic acids is 4. The van der Waals surface area contributed by atoms with Crippen LogP contribution in [0, 0.1) is 0 Å². The number of imide groups is 1. The number of urea groups is 1. The molecule has 1 heterocycles. The second-order valence-electron chi connectivity index (χ2n) is 7.33. The number of nitrogens with zero attached hydrogens (tertiary/aromatic N) is 1. The standard InChI is InChI=1S/C24H18N4O6/c29-20(13-28-21(30)18-6-1-2-7-19(18)22(28)31)25-15-8-10-16(11-9-15)26-24(34)27-17-5-3-4-14(12-17)23(32)33/h1-12H,13H2,(H,25,29)(H,32,33)(H2,26,27,34). The van der Waals surface area contributed by atoms with Crippen molar-refractivity contribution in [2.45, 2.75) is 0 Å². The van der Waals surface area contributed by atoms with Gasteiger partial charge >= 0.3 is 12.0 Å². The summed E-state index contributed by atoms with van der Waals surface area (Å²) in [6.45, 7) is -0.426. The number of aromatic carboxylic acids is 1. The van der Waals surface area contributed by atoms with Crippen LogP contribution in [0.1, 0.15) is 31.1 Å². The zero-order chi connectivity index (χ0) is 24.2. The minimum Gasteiger partial charge on any atom is -0.478 e. The Morgan fingerprint density at radius 3 is 1.85 bits per heavy atom. The molecule has 0 aromatic heterocycles. The molecule has 34 heavy (non-hydrogen) atoms. The second-order valence-corrected chi connectivity index (χ2v) is 7.33. The van der Waals surface area contributed by atoms with Gasteiger partial charge in [-0.15, -0.1) is 0 Å². The van der Waals surface area contributed by atoms with Crippen LogP contribution in [0.15, 0.2) is 72.8 Å². The van der Waals surface area contributed by atoms with Crippen molar-refractivity contribution >= 4 is 46.8 Å². The summed E-state index contributed by atoms with van der Waals surface area (Å²) in [5, 5.41) is 16.8. The minimum absolute atomic E-state index is 0.0408. The molecule has 0 atom stereocenters. The van der Waals surface area contributed by atoms with E-state index in [0.29, 0.717) is 17.1 Å². The molecular formula is C24H18N4O6. The van der Waals surface area contributed by atoms with Gasteiger partial charge in [0.15, 0.2) is 0 Å². The fourth-order valence-corrected chi connectivity index (χ4v) is 3.39. The topological polar surface area (TPSA) is 145 Å². The summed E-state index contributed by atoms with van der Waals surface area (Å²) in [5.74, 6) is -2.69. The van der Waals surface area contributed by atoms with Gasteiger partial charge in [0, 0.05) is 17.1 Å². The molecule has 0 unspecified atom stereocenters. The fraction of sp³-hybridized carbons (Fsp3) is 0.0417. The molecule has 0 bridgehead atoms. The van der Waals surface area contributed by atoms with Gasteiger partial charge < -0.3 is 21.1 Å². The third-order valence-electron chi connectivity index (χ3n) is 4.97. The molecule has 4 N–H and O–H groups in total. The van der Waals surface area contributed by atoms with Gasteiger partial charge in [0.05, 0.1) is 16.7 Å². The molecule has 0 radical (unpaired) electrons. The Bertz CT molecular complexity index is 1280. The average Bonchev–Trinajstić information content (AvgIpc) is 3.05. The molecule has 4 rings (SSSR count). The first kappa shape index (κ1) is 22.2. The van der Waals surface area contributed by atoms with Crippen LogP contribution in [-0.4, -0.2) is 46.3 Å². The molecular weight excluding hydrogens is 440 g/mol. The number of fused-ring (bicyclic) bond motifs is 1. The van der Waals surface area contributed by atoms with Crippen LogP contribution in [0.4, 0.5) is 21.9 Å². The highest BCUT2D eigenvalue weighted by Crippen LogP contribution is 2.22. The zero-order valence-electron chi connectivity index (χ0n) is 17.6. The molecule has 3 aromatic carbocycles. The summed E-state index contributed by atoms with van der Waals surface area (Å²) in [6, 6.07) is 17.8. The van der Waals surface area contributed by atoms with Crippen molar-refractivity contribution in [2.24, 2.45) is 0 Å². The lowest BCUT2D eigenvalue weighted by Gasteiger charge is -2.14. The lowest BCUT2D eigenvalue weighted by Crippen LogP contribution is -2.37. The van der Waals surface area contributed by atoms with Crippen LogP contribution < -0.4 is 16.0 Å². The summed E-state index contributed by atoms with van der Waals surface area (Å²) in [5.41, 5.74) is 1.72. The van der Waals surface area contributed by atoms with Crippen LogP contribution in [-0.2, 0) is 4.79 Å². The highest BCUT2D eigenvalue weighted by molar-refractivity contribution is 6.22. The van der Waals surface area contributed by atoms with Crippen LogP contribution in [0.3, 0.4) is 0 Å². The van der Waals surface area contributed by atoms with E-state index in [9.17, 15) is 24.0 Å². The molecule has 170 valence electrons. The maximum absolute atomic E-state index is 12.4. The molecule has 0 fully saturated rings. The minimum atomic E-state index is -1.11. The fourth-order valence-electron chi connectivity index (χ4n) is 3.39. The van der Waals surface area contributed by atoms with Gasteiger partial charge in [-0.25, -0.2) is 9.59 Å².